The van der Waals surface area contributed by atoms with Gasteiger partial charge in [0.25, 0.3) is 0 Å². The Morgan fingerprint density at radius 1 is 1.50 bits per heavy atom. The summed E-state index contributed by atoms with van der Waals surface area (Å²) in [6, 6.07) is -0.161. The van der Waals surface area contributed by atoms with Crippen LogP contribution in [0.1, 0.15) is 6.92 Å². The molecule has 1 unspecified atom stereocenters. The number of nitrogen functional groups attached to an aromatic ring is 1. The molecule has 0 aromatic carbocycles. The van der Waals surface area contributed by atoms with E-state index in [4.69, 9.17) is 10.5 Å². The average molecular weight is 272 g/mol. The Bertz CT molecular complexity index is 546. The van der Waals surface area contributed by atoms with E-state index in [1.165, 1.54) is 13.4 Å². The highest BCUT2D eigenvalue weighted by Crippen LogP contribution is 2.30. The van der Waals surface area contributed by atoms with Crippen molar-refractivity contribution in [3.63, 3.8) is 0 Å². The van der Waals surface area contributed by atoms with Crippen molar-refractivity contribution in [3.8, 4) is 5.88 Å². The number of aromatic nitrogens is 2. The van der Waals surface area contributed by atoms with Crippen LogP contribution in [0.25, 0.3) is 0 Å². The summed E-state index contributed by atoms with van der Waals surface area (Å²) >= 11 is 0. The Balaban J connectivity index is 2.33. The molecule has 0 spiro atoms. The minimum Gasteiger partial charge on any atom is -0.479 e. The number of nitrogens with zero attached hydrogens (tertiary/aromatic N) is 3. The predicted octanol–water partition coefficient (Wildman–Crippen LogP) is -0.309. The number of hydrogen-bond acceptors (Lipinski definition) is 7. The Morgan fingerprint density at radius 2 is 2.22 bits per heavy atom. The zero-order valence-corrected chi connectivity index (χ0v) is 11.1. The first-order chi connectivity index (χ1) is 8.44. The van der Waals surface area contributed by atoms with E-state index in [-0.39, 0.29) is 17.5 Å². The largest absolute Gasteiger partial charge is 0.479 e. The van der Waals surface area contributed by atoms with Gasteiger partial charge in [-0.05, 0) is 6.92 Å². The molecule has 0 radical (unpaired) electrons. The maximum atomic E-state index is 11.5. The van der Waals surface area contributed by atoms with E-state index in [0.29, 0.717) is 23.9 Å². The summed E-state index contributed by atoms with van der Waals surface area (Å²) in [7, 11) is -1.48. The van der Waals surface area contributed by atoms with Crippen LogP contribution in [0.4, 0.5) is 11.5 Å². The Hall–Kier alpha value is -1.57. The summed E-state index contributed by atoms with van der Waals surface area (Å²) in [6.45, 7) is 2.22. The van der Waals surface area contributed by atoms with Gasteiger partial charge in [0.05, 0.1) is 18.6 Å². The van der Waals surface area contributed by atoms with Crippen molar-refractivity contribution >= 4 is 21.3 Å². The van der Waals surface area contributed by atoms with Gasteiger partial charge < -0.3 is 15.4 Å². The van der Waals surface area contributed by atoms with Gasteiger partial charge in [0.2, 0.25) is 5.88 Å². The van der Waals surface area contributed by atoms with Crippen molar-refractivity contribution in [1.29, 1.82) is 0 Å². The van der Waals surface area contributed by atoms with Crippen molar-refractivity contribution in [2.75, 3.05) is 35.8 Å². The van der Waals surface area contributed by atoms with Crippen LogP contribution in [-0.4, -0.2) is 49.6 Å². The molecule has 2 heterocycles. The Morgan fingerprint density at radius 3 is 2.83 bits per heavy atom. The number of anilines is 2. The van der Waals surface area contributed by atoms with Crippen LogP contribution in [0.5, 0.6) is 5.88 Å². The molecule has 0 bridgehead atoms. The number of hydrogen-bond donors (Lipinski definition) is 1. The number of methoxy groups -OCH3 is 1. The van der Waals surface area contributed by atoms with Gasteiger partial charge >= 0.3 is 0 Å². The molecule has 8 heteroatoms. The highest BCUT2D eigenvalue weighted by Gasteiger charge is 2.30. The Kier molecular flexibility index (Phi) is 3.29. The molecule has 1 aromatic rings. The third-order valence-corrected chi connectivity index (χ3v) is 4.76. The first kappa shape index (κ1) is 12.9. The summed E-state index contributed by atoms with van der Waals surface area (Å²) in [6.07, 6.45) is 1.36. The molecule has 100 valence electrons. The van der Waals surface area contributed by atoms with Crippen LogP contribution < -0.4 is 15.4 Å². The molecule has 0 saturated carbocycles. The van der Waals surface area contributed by atoms with E-state index in [1.807, 2.05) is 11.8 Å². The highest BCUT2D eigenvalue weighted by molar-refractivity contribution is 7.91. The SMILES string of the molecule is COc1ncnc(N2CCS(=O)(=O)CC2C)c1N. The molecule has 1 aromatic heterocycles. The molecule has 1 aliphatic heterocycles. The summed E-state index contributed by atoms with van der Waals surface area (Å²) in [5, 5.41) is 0. The number of sulfone groups is 1. The van der Waals surface area contributed by atoms with Gasteiger partial charge in [-0.25, -0.2) is 13.4 Å². The molecule has 7 nitrogen and oxygen atoms in total. The first-order valence-electron chi connectivity index (χ1n) is 5.56. The van der Waals surface area contributed by atoms with Gasteiger partial charge in [0, 0.05) is 12.6 Å². The lowest BCUT2D eigenvalue weighted by molar-refractivity contribution is 0.399. The summed E-state index contributed by atoms with van der Waals surface area (Å²) in [5.41, 5.74) is 6.25. The molecule has 1 saturated heterocycles. The molecule has 0 aliphatic carbocycles. The summed E-state index contributed by atoms with van der Waals surface area (Å²) < 4.78 is 28.1. The maximum Gasteiger partial charge on any atom is 0.242 e. The van der Waals surface area contributed by atoms with Gasteiger partial charge in [-0.15, -0.1) is 0 Å². The molecule has 1 aliphatic rings. The fourth-order valence-electron chi connectivity index (χ4n) is 2.08. The summed E-state index contributed by atoms with van der Waals surface area (Å²) in [4.78, 5) is 9.90. The smallest absolute Gasteiger partial charge is 0.242 e. The van der Waals surface area contributed by atoms with E-state index in [1.54, 1.807) is 0 Å². The van der Waals surface area contributed by atoms with Gasteiger partial charge in [0.1, 0.15) is 12.0 Å². The normalized spacial score (nSPS) is 22.8. The van der Waals surface area contributed by atoms with Gasteiger partial charge in [-0.2, -0.15) is 4.98 Å². The zero-order chi connectivity index (χ0) is 13.3. The number of rotatable bonds is 2. The third kappa shape index (κ3) is 2.33. The first-order valence-corrected chi connectivity index (χ1v) is 7.38. The lowest BCUT2D eigenvalue weighted by atomic mass is 10.3. The van der Waals surface area contributed by atoms with Crippen molar-refractivity contribution in [2.24, 2.45) is 0 Å². The molecule has 1 fully saturated rings. The average Bonchev–Trinajstić information content (AvgIpc) is 2.29. The molecule has 1 atom stereocenters. The minimum absolute atomic E-state index is 0.110. The fourth-order valence-corrected chi connectivity index (χ4v) is 3.63. The van der Waals surface area contributed by atoms with Gasteiger partial charge in [0.15, 0.2) is 15.7 Å². The third-order valence-electron chi connectivity index (χ3n) is 2.96. The van der Waals surface area contributed by atoms with E-state index >= 15 is 0 Å². The van der Waals surface area contributed by atoms with Crippen LogP contribution >= 0.6 is 0 Å². The van der Waals surface area contributed by atoms with Crippen molar-refractivity contribution in [3.05, 3.63) is 6.33 Å². The second-order valence-electron chi connectivity index (χ2n) is 4.28. The molecular weight excluding hydrogens is 256 g/mol. The topological polar surface area (TPSA) is 98.4 Å². The minimum atomic E-state index is -2.96. The second kappa shape index (κ2) is 4.60. The number of ether oxygens (including phenoxy) is 1. The quantitative estimate of drug-likeness (QED) is 0.788. The lowest BCUT2D eigenvalue weighted by Crippen LogP contribution is -2.47. The fraction of sp³-hybridized carbons (Fsp3) is 0.600. The van der Waals surface area contributed by atoms with Gasteiger partial charge in [-0.3, -0.25) is 0 Å². The van der Waals surface area contributed by atoms with Crippen LogP contribution in [0, 0.1) is 0 Å². The van der Waals surface area contributed by atoms with E-state index in [9.17, 15) is 8.42 Å². The molecular formula is C10H16N4O3S. The van der Waals surface area contributed by atoms with E-state index < -0.39 is 9.84 Å². The molecule has 0 amide bonds. The second-order valence-corrected chi connectivity index (χ2v) is 6.51. The van der Waals surface area contributed by atoms with Gasteiger partial charge in [-0.1, -0.05) is 0 Å². The maximum absolute atomic E-state index is 11.5. The zero-order valence-electron chi connectivity index (χ0n) is 10.3. The van der Waals surface area contributed by atoms with Crippen molar-refractivity contribution in [2.45, 2.75) is 13.0 Å². The van der Waals surface area contributed by atoms with Crippen LogP contribution in [0.2, 0.25) is 0 Å². The monoisotopic (exact) mass is 272 g/mol. The molecule has 2 rings (SSSR count). The van der Waals surface area contributed by atoms with Crippen LogP contribution in [0.3, 0.4) is 0 Å². The molecule has 18 heavy (non-hydrogen) atoms. The Labute approximate surface area is 106 Å². The lowest BCUT2D eigenvalue weighted by Gasteiger charge is -2.34. The summed E-state index contributed by atoms with van der Waals surface area (Å²) in [5.74, 6) is 1.06. The number of nitrogens with two attached hydrogens (primary N) is 1. The van der Waals surface area contributed by atoms with E-state index in [2.05, 4.69) is 9.97 Å². The van der Waals surface area contributed by atoms with Crippen LogP contribution in [0.15, 0.2) is 6.33 Å². The molecule has 2 N–H and O–H groups in total. The van der Waals surface area contributed by atoms with Crippen molar-refractivity contribution in [1.82, 2.24) is 9.97 Å². The standard InChI is InChI=1S/C10H16N4O3S/c1-7-5-18(15,16)4-3-14(7)9-8(11)10(17-2)13-6-12-9/h6-7H,3-5,11H2,1-2H3. The predicted molar refractivity (Wildman–Crippen MR) is 68.5 cm³/mol. The van der Waals surface area contributed by atoms with Crippen molar-refractivity contribution < 1.29 is 13.2 Å². The van der Waals surface area contributed by atoms with E-state index in [0.717, 1.165) is 0 Å². The highest BCUT2D eigenvalue weighted by atomic mass is 32.2. The van der Waals surface area contributed by atoms with Crippen LogP contribution in [-0.2, 0) is 9.84 Å².